The molecule has 0 N–H and O–H groups in total. The molecule has 110 valence electrons. The Morgan fingerprint density at radius 1 is 1.10 bits per heavy atom. The van der Waals surface area contributed by atoms with Crippen molar-refractivity contribution in [1.29, 1.82) is 0 Å². The maximum atomic E-state index is 11.4. The molecule has 0 radical (unpaired) electrons. The Kier molecular flexibility index (Phi) is 5.32. The van der Waals surface area contributed by atoms with Gasteiger partial charge in [0.25, 0.3) is 0 Å². The highest BCUT2D eigenvalue weighted by atomic mass is 16.5. The van der Waals surface area contributed by atoms with Crippen LogP contribution in [0.4, 0.5) is 0 Å². The first-order valence-corrected chi connectivity index (χ1v) is 6.93. The highest BCUT2D eigenvalue weighted by molar-refractivity contribution is 5.71. The summed E-state index contributed by atoms with van der Waals surface area (Å²) in [5.41, 5.74) is 3.02. The summed E-state index contributed by atoms with van der Waals surface area (Å²) in [4.78, 5) is 15.7. The van der Waals surface area contributed by atoms with Crippen molar-refractivity contribution in [3.63, 3.8) is 0 Å². The number of esters is 1. The van der Waals surface area contributed by atoms with Crippen LogP contribution in [0.2, 0.25) is 0 Å². The predicted octanol–water partition coefficient (Wildman–Crippen LogP) is 2.79. The number of hydrogen-bond acceptors (Lipinski definition) is 4. The molecule has 0 saturated carbocycles. The zero-order chi connectivity index (χ0) is 15.1. The summed E-state index contributed by atoms with van der Waals surface area (Å²) in [5.74, 6) is 0.606. The Morgan fingerprint density at radius 3 is 2.38 bits per heavy atom. The van der Waals surface area contributed by atoms with Gasteiger partial charge in [0.2, 0.25) is 0 Å². The first-order chi connectivity index (χ1) is 10.2. The summed E-state index contributed by atoms with van der Waals surface area (Å²) in [6.45, 7) is 2.19. The van der Waals surface area contributed by atoms with E-state index >= 15 is 0 Å². The average molecular weight is 285 g/mol. The van der Waals surface area contributed by atoms with E-state index in [2.05, 4.69) is 4.98 Å². The van der Waals surface area contributed by atoms with E-state index in [9.17, 15) is 4.79 Å². The van der Waals surface area contributed by atoms with E-state index in [0.29, 0.717) is 6.61 Å². The molecule has 0 aliphatic rings. The van der Waals surface area contributed by atoms with Crippen LogP contribution in [0.3, 0.4) is 0 Å². The largest absolute Gasteiger partial charge is 0.497 e. The van der Waals surface area contributed by atoms with Crippen LogP contribution in [-0.4, -0.2) is 24.7 Å². The van der Waals surface area contributed by atoms with Gasteiger partial charge in [-0.15, -0.1) is 0 Å². The van der Waals surface area contributed by atoms with E-state index in [4.69, 9.17) is 9.47 Å². The number of aromatic nitrogens is 1. The minimum atomic E-state index is -0.243. The van der Waals surface area contributed by atoms with Gasteiger partial charge in [-0.3, -0.25) is 9.78 Å². The van der Waals surface area contributed by atoms with Crippen molar-refractivity contribution in [1.82, 2.24) is 4.98 Å². The lowest BCUT2D eigenvalue weighted by atomic mass is 10.1. The molecule has 0 fully saturated rings. The van der Waals surface area contributed by atoms with Crippen molar-refractivity contribution in [2.24, 2.45) is 0 Å². The standard InChI is InChI=1S/C17H19NO3/c1-3-21-17(19)11-15-7-4-14(12-18-15)10-13-5-8-16(20-2)9-6-13/h4-9,12H,3,10-11H2,1-2H3. The number of rotatable bonds is 6. The lowest BCUT2D eigenvalue weighted by Crippen LogP contribution is -2.08. The normalized spacial score (nSPS) is 10.2. The van der Waals surface area contributed by atoms with E-state index < -0.39 is 0 Å². The Hall–Kier alpha value is -2.36. The molecule has 1 aromatic heterocycles. The van der Waals surface area contributed by atoms with Gasteiger partial charge < -0.3 is 9.47 Å². The lowest BCUT2D eigenvalue weighted by Gasteiger charge is -2.05. The Balaban J connectivity index is 1.96. The van der Waals surface area contributed by atoms with Crippen LogP contribution in [0.5, 0.6) is 5.75 Å². The van der Waals surface area contributed by atoms with Crippen LogP contribution < -0.4 is 4.74 Å². The molecule has 2 rings (SSSR count). The molecule has 1 aromatic carbocycles. The molecule has 0 spiro atoms. The second-order valence-electron chi connectivity index (χ2n) is 4.66. The van der Waals surface area contributed by atoms with E-state index in [-0.39, 0.29) is 12.4 Å². The zero-order valence-corrected chi connectivity index (χ0v) is 12.3. The number of carbonyl (C=O) groups excluding carboxylic acids is 1. The molecular weight excluding hydrogens is 266 g/mol. The van der Waals surface area contributed by atoms with Gasteiger partial charge in [0, 0.05) is 6.20 Å². The molecule has 0 aliphatic heterocycles. The van der Waals surface area contributed by atoms with Crippen molar-refractivity contribution in [3.8, 4) is 5.75 Å². The van der Waals surface area contributed by atoms with Gasteiger partial charge in [0.1, 0.15) is 5.75 Å². The van der Waals surface area contributed by atoms with Gasteiger partial charge in [0.05, 0.1) is 25.8 Å². The Bertz CT molecular complexity index is 576. The summed E-state index contributed by atoms with van der Waals surface area (Å²) < 4.78 is 10.0. The molecule has 1 heterocycles. The molecule has 0 saturated heterocycles. The number of benzene rings is 1. The molecule has 0 unspecified atom stereocenters. The maximum absolute atomic E-state index is 11.4. The minimum absolute atomic E-state index is 0.219. The number of ether oxygens (including phenoxy) is 2. The fraction of sp³-hybridized carbons (Fsp3) is 0.294. The second kappa shape index (κ2) is 7.43. The predicted molar refractivity (Wildman–Crippen MR) is 80.4 cm³/mol. The van der Waals surface area contributed by atoms with E-state index in [0.717, 1.165) is 23.4 Å². The second-order valence-corrected chi connectivity index (χ2v) is 4.66. The summed E-state index contributed by atoms with van der Waals surface area (Å²) >= 11 is 0. The summed E-state index contributed by atoms with van der Waals surface area (Å²) in [7, 11) is 1.65. The fourth-order valence-corrected chi connectivity index (χ4v) is 2.00. The molecule has 0 bridgehead atoms. The van der Waals surface area contributed by atoms with Crippen molar-refractivity contribution < 1.29 is 14.3 Å². The average Bonchev–Trinajstić information content (AvgIpc) is 2.50. The number of carbonyl (C=O) groups is 1. The van der Waals surface area contributed by atoms with E-state index in [1.807, 2.05) is 36.4 Å². The van der Waals surface area contributed by atoms with Gasteiger partial charge in [0.15, 0.2) is 0 Å². The zero-order valence-electron chi connectivity index (χ0n) is 12.3. The first kappa shape index (κ1) is 15.0. The van der Waals surface area contributed by atoms with Crippen LogP contribution in [0, 0.1) is 0 Å². The lowest BCUT2D eigenvalue weighted by molar-refractivity contribution is -0.142. The molecule has 2 aromatic rings. The minimum Gasteiger partial charge on any atom is -0.497 e. The van der Waals surface area contributed by atoms with Gasteiger partial charge in [-0.2, -0.15) is 0 Å². The van der Waals surface area contributed by atoms with Crippen LogP contribution in [0.25, 0.3) is 0 Å². The number of nitrogens with zero attached hydrogens (tertiary/aromatic N) is 1. The number of methoxy groups -OCH3 is 1. The van der Waals surface area contributed by atoms with Gasteiger partial charge >= 0.3 is 5.97 Å². The van der Waals surface area contributed by atoms with Crippen molar-refractivity contribution in [2.75, 3.05) is 13.7 Å². The highest BCUT2D eigenvalue weighted by Gasteiger charge is 2.05. The number of hydrogen-bond donors (Lipinski definition) is 0. The molecule has 4 heteroatoms. The van der Waals surface area contributed by atoms with Gasteiger partial charge in [-0.25, -0.2) is 0 Å². The number of pyridine rings is 1. The smallest absolute Gasteiger partial charge is 0.311 e. The third-order valence-electron chi connectivity index (χ3n) is 3.08. The van der Waals surface area contributed by atoms with Crippen molar-refractivity contribution in [3.05, 3.63) is 59.4 Å². The van der Waals surface area contributed by atoms with Gasteiger partial charge in [-0.05, 0) is 42.7 Å². The molecule has 0 amide bonds. The van der Waals surface area contributed by atoms with Gasteiger partial charge in [-0.1, -0.05) is 18.2 Å². The third kappa shape index (κ3) is 4.60. The topological polar surface area (TPSA) is 48.4 Å². The Morgan fingerprint density at radius 2 is 1.81 bits per heavy atom. The monoisotopic (exact) mass is 285 g/mol. The highest BCUT2D eigenvalue weighted by Crippen LogP contribution is 2.14. The van der Waals surface area contributed by atoms with Crippen LogP contribution in [0.15, 0.2) is 42.6 Å². The SMILES string of the molecule is CCOC(=O)Cc1ccc(Cc2ccc(OC)cc2)cn1. The van der Waals surface area contributed by atoms with E-state index in [1.54, 1.807) is 20.2 Å². The maximum Gasteiger partial charge on any atom is 0.311 e. The Labute approximate surface area is 124 Å². The van der Waals surface area contributed by atoms with E-state index in [1.165, 1.54) is 5.56 Å². The molecule has 21 heavy (non-hydrogen) atoms. The first-order valence-electron chi connectivity index (χ1n) is 6.93. The molecular formula is C17H19NO3. The van der Waals surface area contributed by atoms with Crippen LogP contribution >= 0.6 is 0 Å². The van der Waals surface area contributed by atoms with Crippen LogP contribution in [-0.2, 0) is 22.4 Å². The summed E-state index contributed by atoms with van der Waals surface area (Å²) in [6, 6.07) is 11.8. The molecule has 0 atom stereocenters. The van der Waals surface area contributed by atoms with Crippen molar-refractivity contribution in [2.45, 2.75) is 19.8 Å². The van der Waals surface area contributed by atoms with Crippen LogP contribution in [0.1, 0.15) is 23.7 Å². The van der Waals surface area contributed by atoms with Crippen molar-refractivity contribution >= 4 is 5.97 Å². The molecule has 0 aliphatic carbocycles. The molecule has 4 nitrogen and oxygen atoms in total. The summed E-state index contributed by atoms with van der Waals surface area (Å²) in [5, 5.41) is 0. The third-order valence-corrected chi connectivity index (χ3v) is 3.08. The quantitative estimate of drug-likeness (QED) is 0.766. The fourth-order valence-electron chi connectivity index (χ4n) is 2.00. The summed E-state index contributed by atoms with van der Waals surface area (Å²) in [6.07, 6.45) is 2.83.